The minimum atomic E-state index is -4.60. The zero-order valence-electron chi connectivity index (χ0n) is 14.9. The van der Waals surface area contributed by atoms with Crippen LogP contribution in [0.2, 0.25) is 0 Å². The Balaban J connectivity index is 2.08. The molecule has 146 valence electrons. The fourth-order valence-electron chi connectivity index (χ4n) is 2.52. The van der Waals surface area contributed by atoms with Crippen LogP contribution in [-0.2, 0) is 26.4 Å². The van der Waals surface area contributed by atoms with E-state index in [0.717, 1.165) is 0 Å². The molecule has 0 aromatic heterocycles. The highest BCUT2D eigenvalue weighted by atomic mass is 19.4. The second-order valence-corrected chi connectivity index (χ2v) is 6.33. The summed E-state index contributed by atoms with van der Waals surface area (Å²) in [4.78, 5) is 24.0. The number of esters is 1. The Morgan fingerprint density at radius 1 is 1.30 bits per heavy atom. The molecule has 1 aliphatic rings. The van der Waals surface area contributed by atoms with E-state index in [-0.39, 0.29) is 30.2 Å². The van der Waals surface area contributed by atoms with Crippen molar-refractivity contribution in [3.63, 3.8) is 0 Å². The number of ether oxygens (including phenoxy) is 1. The van der Waals surface area contributed by atoms with Gasteiger partial charge in [-0.1, -0.05) is 37.3 Å². The number of benzene rings is 1. The van der Waals surface area contributed by atoms with Crippen molar-refractivity contribution < 1.29 is 27.5 Å². The Hall–Kier alpha value is -2.71. The van der Waals surface area contributed by atoms with Crippen molar-refractivity contribution in [2.45, 2.75) is 37.6 Å². The van der Waals surface area contributed by atoms with Gasteiger partial charge in [0.25, 0.3) is 0 Å². The molecule has 2 atom stereocenters. The van der Waals surface area contributed by atoms with Crippen molar-refractivity contribution in [1.29, 1.82) is 0 Å². The number of hydrogen-bond donors (Lipinski definition) is 1. The summed E-state index contributed by atoms with van der Waals surface area (Å²) in [5.74, 6) is -1.05. The van der Waals surface area contributed by atoms with Crippen LogP contribution in [0.3, 0.4) is 0 Å². The number of alkyl halides is 3. The van der Waals surface area contributed by atoms with Gasteiger partial charge in [0, 0.05) is 18.4 Å². The number of methoxy groups -OCH3 is 1. The number of amides is 1. The monoisotopic (exact) mass is 383 g/mol. The first-order valence-corrected chi connectivity index (χ1v) is 8.23. The number of carbonyl (C=O) groups is 2. The Kier molecular flexibility index (Phi) is 6.02. The van der Waals surface area contributed by atoms with Crippen molar-refractivity contribution in [3.8, 4) is 0 Å². The number of nitrogens with one attached hydrogen (secondary N) is 1. The number of halogens is 3. The van der Waals surface area contributed by atoms with E-state index in [2.05, 4.69) is 22.1 Å². The smallest absolute Gasteiger partial charge is 0.442 e. The third-order valence-electron chi connectivity index (χ3n) is 4.22. The lowest BCUT2D eigenvalue weighted by atomic mass is 9.98. The molecule has 0 bridgehead atoms. The highest BCUT2D eigenvalue weighted by Crippen LogP contribution is 2.52. The number of carbonyl (C=O) groups excluding carboxylic acids is 2. The summed E-state index contributed by atoms with van der Waals surface area (Å²) in [6, 6.07) is 4.47. The fraction of sp³-hybridized carbons (Fsp3) is 0.444. The van der Waals surface area contributed by atoms with Crippen LogP contribution in [0.1, 0.15) is 24.5 Å². The first-order valence-electron chi connectivity index (χ1n) is 8.23. The molecule has 0 spiro atoms. The van der Waals surface area contributed by atoms with Crippen LogP contribution in [0.4, 0.5) is 13.2 Å². The van der Waals surface area contributed by atoms with Crippen molar-refractivity contribution >= 4 is 11.9 Å². The maximum absolute atomic E-state index is 13.0. The van der Waals surface area contributed by atoms with Crippen LogP contribution in [0.5, 0.6) is 0 Å². The number of nitrogens with zero attached hydrogens (tertiary/aromatic N) is 2. The molecule has 27 heavy (non-hydrogen) atoms. The molecule has 6 nitrogen and oxygen atoms in total. The van der Waals surface area contributed by atoms with Gasteiger partial charge >= 0.3 is 17.8 Å². The molecule has 0 saturated heterocycles. The van der Waals surface area contributed by atoms with Crippen molar-refractivity contribution in [1.82, 2.24) is 5.32 Å². The molecule has 2 unspecified atom stereocenters. The molecule has 0 saturated carbocycles. The van der Waals surface area contributed by atoms with E-state index in [1.807, 2.05) is 6.92 Å². The molecule has 1 amide bonds. The van der Waals surface area contributed by atoms with Crippen LogP contribution < -0.4 is 5.32 Å². The SMILES string of the molecule is C=CC(C)CC(=O)NC(Cc1ccc(C2(C(F)(F)F)N=N2)cc1)C(=O)OC. The van der Waals surface area contributed by atoms with E-state index in [0.29, 0.717) is 5.56 Å². The molecule has 1 aromatic carbocycles. The number of allylic oxidation sites excluding steroid dienone is 1. The fourth-order valence-corrected chi connectivity index (χ4v) is 2.52. The van der Waals surface area contributed by atoms with Gasteiger partial charge in [0.05, 0.1) is 7.11 Å². The molecular formula is C18H20F3N3O3. The topological polar surface area (TPSA) is 80.1 Å². The van der Waals surface area contributed by atoms with Gasteiger partial charge in [-0.2, -0.15) is 13.2 Å². The lowest BCUT2D eigenvalue weighted by molar-refractivity contribution is -0.166. The third kappa shape index (κ3) is 4.72. The van der Waals surface area contributed by atoms with E-state index >= 15 is 0 Å². The predicted molar refractivity (Wildman–Crippen MR) is 90.7 cm³/mol. The molecule has 1 N–H and O–H groups in total. The van der Waals surface area contributed by atoms with Gasteiger partial charge in [0.15, 0.2) is 0 Å². The van der Waals surface area contributed by atoms with Gasteiger partial charge in [-0.3, -0.25) is 4.79 Å². The van der Waals surface area contributed by atoms with Crippen LogP contribution in [0, 0.1) is 5.92 Å². The summed E-state index contributed by atoms with van der Waals surface area (Å²) in [5.41, 5.74) is -2.02. The zero-order valence-corrected chi connectivity index (χ0v) is 14.9. The second-order valence-electron chi connectivity index (χ2n) is 6.33. The maximum atomic E-state index is 13.0. The van der Waals surface area contributed by atoms with Crippen LogP contribution >= 0.6 is 0 Å². The van der Waals surface area contributed by atoms with Gasteiger partial charge in [0.1, 0.15) is 6.04 Å². The first-order chi connectivity index (χ1) is 12.6. The molecule has 9 heteroatoms. The largest absolute Gasteiger partial charge is 0.467 e. The standard InChI is InChI=1S/C18H20F3N3O3/c1-4-11(2)9-15(25)22-14(16(26)27-3)10-12-5-7-13(8-6-12)17(23-24-17)18(19,20)21/h4-8,11,14H,1,9-10H2,2-3H3,(H,22,25). The highest BCUT2D eigenvalue weighted by molar-refractivity contribution is 5.84. The van der Waals surface area contributed by atoms with Gasteiger partial charge in [-0.25, -0.2) is 4.79 Å². The summed E-state index contributed by atoms with van der Waals surface area (Å²) in [7, 11) is 1.19. The van der Waals surface area contributed by atoms with E-state index in [9.17, 15) is 22.8 Å². The Morgan fingerprint density at radius 2 is 1.89 bits per heavy atom. The summed E-state index contributed by atoms with van der Waals surface area (Å²) in [5, 5.41) is 8.87. The summed E-state index contributed by atoms with van der Waals surface area (Å²) in [6.07, 6.45) is -2.74. The van der Waals surface area contributed by atoms with Crippen molar-refractivity contribution in [2.24, 2.45) is 16.1 Å². The van der Waals surface area contributed by atoms with Crippen molar-refractivity contribution in [3.05, 3.63) is 48.0 Å². The van der Waals surface area contributed by atoms with Crippen LogP contribution in [0.25, 0.3) is 0 Å². The van der Waals surface area contributed by atoms with Crippen LogP contribution in [-0.4, -0.2) is 31.2 Å². The summed E-state index contributed by atoms with van der Waals surface area (Å²) >= 11 is 0. The Bertz CT molecular complexity index is 738. The van der Waals surface area contributed by atoms with E-state index in [4.69, 9.17) is 4.74 Å². The summed E-state index contributed by atoms with van der Waals surface area (Å²) < 4.78 is 43.7. The normalized spacial score (nSPS) is 16.9. The molecular weight excluding hydrogens is 363 g/mol. The molecule has 0 fully saturated rings. The second kappa shape index (κ2) is 7.89. The minimum Gasteiger partial charge on any atom is -0.467 e. The van der Waals surface area contributed by atoms with Gasteiger partial charge in [-0.15, -0.1) is 16.8 Å². The zero-order chi connectivity index (χ0) is 20.2. The van der Waals surface area contributed by atoms with Crippen molar-refractivity contribution in [2.75, 3.05) is 7.11 Å². The number of hydrogen-bond acceptors (Lipinski definition) is 5. The number of rotatable bonds is 8. The van der Waals surface area contributed by atoms with Crippen LogP contribution in [0.15, 0.2) is 47.1 Å². The molecule has 1 aliphatic heterocycles. The summed E-state index contributed by atoms with van der Waals surface area (Å²) in [6.45, 7) is 5.40. The molecule has 1 heterocycles. The quantitative estimate of drug-likeness (QED) is 0.553. The molecule has 2 rings (SSSR count). The maximum Gasteiger partial charge on any atom is 0.442 e. The highest BCUT2D eigenvalue weighted by Gasteiger charge is 2.65. The lowest BCUT2D eigenvalue weighted by Crippen LogP contribution is -2.43. The Morgan fingerprint density at radius 3 is 2.33 bits per heavy atom. The molecule has 0 radical (unpaired) electrons. The molecule has 1 aromatic rings. The average molecular weight is 383 g/mol. The van der Waals surface area contributed by atoms with E-state index in [1.165, 1.54) is 31.4 Å². The minimum absolute atomic E-state index is 0.0628. The third-order valence-corrected chi connectivity index (χ3v) is 4.22. The van der Waals surface area contributed by atoms with E-state index in [1.54, 1.807) is 6.08 Å². The average Bonchev–Trinajstić information content (AvgIpc) is 3.42. The Labute approximate surface area is 154 Å². The van der Waals surface area contributed by atoms with E-state index < -0.39 is 23.9 Å². The lowest BCUT2D eigenvalue weighted by Gasteiger charge is -2.18. The first kappa shape index (κ1) is 20.6. The van der Waals surface area contributed by atoms with Gasteiger partial charge < -0.3 is 10.1 Å². The van der Waals surface area contributed by atoms with Gasteiger partial charge in [0.2, 0.25) is 5.91 Å². The predicted octanol–water partition coefficient (Wildman–Crippen LogP) is 3.28. The molecule has 0 aliphatic carbocycles. The van der Waals surface area contributed by atoms with Gasteiger partial charge in [-0.05, 0) is 11.5 Å².